The van der Waals surface area contributed by atoms with Crippen molar-refractivity contribution in [2.75, 3.05) is 5.32 Å². The molecule has 3 heteroatoms. The van der Waals surface area contributed by atoms with Gasteiger partial charge in [-0.3, -0.25) is 0 Å². The van der Waals surface area contributed by atoms with Crippen molar-refractivity contribution in [2.45, 2.75) is 26.3 Å². The first-order chi connectivity index (χ1) is 9.11. The van der Waals surface area contributed by atoms with Gasteiger partial charge in [0, 0.05) is 4.47 Å². The first kappa shape index (κ1) is 14.4. The van der Waals surface area contributed by atoms with Crippen LogP contribution in [0.4, 0.5) is 5.69 Å². The van der Waals surface area contributed by atoms with Crippen LogP contribution in [0.5, 0.6) is 0 Å². The van der Waals surface area contributed by atoms with E-state index in [9.17, 15) is 0 Å². The predicted octanol–water partition coefficient (Wildman–Crippen LogP) is 5.97. The molecule has 0 bridgehead atoms. The number of hydrogen-bond donors (Lipinski definition) is 1. The van der Waals surface area contributed by atoms with Crippen molar-refractivity contribution in [3.63, 3.8) is 0 Å². The summed E-state index contributed by atoms with van der Waals surface area (Å²) in [5.41, 5.74) is 3.45. The fourth-order valence-electron chi connectivity index (χ4n) is 2.13. The Morgan fingerprint density at radius 3 is 2.58 bits per heavy atom. The molecule has 100 valence electrons. The molecule has 19 heavy (non-hydrogen) atoms. The van der Waals surface area contributed by atoms with Gasteiger partial charge in [-0.05, 0) is 42.7 Å². The molecule has 2 aromatic carbocycles. The summed E-state index contributed by atoms with van der Waals surface area (Å²) in [5, 5.41) is 4.33. The molecule has 1 N–H and O–H groups in total. The van der Waals surface area contributed by atoms with Gasteiger partial charge in [0.2, 0.25) is 0 Å². The lowest BCUT2D eigenvalue weighted by molar-refractivity contribution is 0.748. The Morgan fingerprint density at radius 1 is 1.21 bits per heavy atom. The average Bonchev–Trinajstić information content (AvgIpc) is 2.38. The third-order valence-corrected chi connectivity index (χ3v) is 4.01. The van der Waals surface area contributed by atoms with Crippen molar-refractivity contribution >= 4 is 33.2 Å². The van der Waals surface area contributed by atoms with E-state index in [2.05, 4.69) is 59.4 Å². The van der Waals surface area contributed by atoms with E-state index < -0.39 is 0 Å². The normalized spacial score (nSPS) is 12.2. The van der Waals surface area contributed by atoms with Crippen LogP contribution in [0.15, 0.2) is 46.9 Å². The minimum absolute atomic E-state index is 0.260. The Kier molecular flexibility index (Phi) is 4.89. The molecule has 0 aliphatic carbocycles. The first-order valence-corrected chi connectivity index (χ1v) is 7.56. The van der Waals surface area contributed by atoms with Gasteiger partial charge in [-0.1, -0.05) is 58.7 Å². The Labute approximate surface area is 128 Å². The highest BCUT2D eigenvalue weighted by Gasteiger charge is 2.12. The summed E-state index contributed by atoms with van der Waals surface area (Å²) in [6, 6.07) is 14.6. The van der Waals surface area contributed by atoms with Crippen molar-refractivity contribution in [1.82, 2.24) is 0 Å². The van der Waals surface area contributed by atoms with Crippen LogP contribution >= 0.6 is 27.5 Å². The Bertz CT molecular complexity index is 548. The Hall–Kier alpha value is -0.990. The molecular formula is C16H17BrClN. The molecule has 0 heterocycles. The summed E-state index contributed by atoms with van der Waals surface area (Å²) in [7, 11) is 0. The van der Waals surface area contributed by atoms with Gasteiger partial charge >= 0.3 is 0 Å². The molecule has 0 aliphatic rings. The summed E-state index contributed by atoms with van der Waals surface area (Å²) >= 11 is 9.80. The highest BCUT2D eigenvalue weighted by atomic mass is 79.9. The monoisotopic (exact) mass is 337 g/mol. The van der Waals surface area contributed by atoms with Crippen LogP contribution in [0.3, 0.4) is 0 Å². The van der Waals surface area contributed by atoms with Crippen LogP contribution in [-0.2, 0) is 0 Å². The van der Waals surface area contributed by atoms with Crippen LogP contribution in [0.2, 0.25) is 5.02 Å². The molecule has 0 amide bonds. The standard InChI is InChI=1S/C16H17BrClN/c1-3-15(12-7-5-8-13(17)10-12)19-16-11(2)6-4-9-14(16)18/h4-10,15,19H,3H2,1-2H3. The van der Waals surface area contributed by atoms with E-state index in [1.165, 1.54) is 11.1 Å². The summed E-state index contributed by atoms with van der Waals surface area (Å²) in [4.78, 5) is 0. The van der Waals surface area contributed by atoms with Crippen LogP contribution in [0.25, 0.3) is 0 Å². The van der Waals surface area contributed by atoms with Gasteiger partial charge in [0.05, 0.1) is 16.8 Å². The van der Waals surface area contributed by atoms with E-state index >= 15 is 0 Å². The second-order valence-corrected chi connectivity index (χ2v) is 5.91. The maximum absolute atomic E-state index is 6.28. The van der Waals surface area contributed by atoms with Gasteiger partial charge < -0.3 is 5.32 Å². The number of hydrogen-bond acceptors (Lipinski definition) is 1. The Balaban J connectivity index is 2.29. The molecule has 0 radical (unpaired) electrons. The number of anilines is 1. The highest BCUT2D eigenvalue weighted by molar-refractivity contribution is 9.10. The quantitative estimate of drug-likeness (QED) is 0.723. The van der Waals surface area contributed by atoms with Crippen LogP contribution in [0, 0.1) is 6.92 Å². The lowest BCUT2D eigenvalue weighted by Crippen LogP contribution is -2.11. The summed E-state index contributed by atoms with van der Waals surface area (Å²) in [5.74, 6) is 0. The zero-order chi connectivity index (χ0) is 13.8. The minimum atomic E-state index is 0.260. The predicted molar refractivity (Wildman–Crippen MR) is 87.0 cm³/mol. The first-order valence-electron chi connectivity index (χ1n) is 6.39. The molecule has 0 aromatic heterocycles. The van der Waals surface area contributed by atoms with Crippen LogP contribution in [-0.4, -0.2) is 0 Å². The molecule has 2 rings (SSSR count). The maximum atomic E-state index is 6.28. The molecule has 0 aliphatic heterocycles. The van der Waals surface area contributed by atoms with E-state index in [1.807, 2.05) is 18.2 Å². The van der Waals surface area contributed by atoms with Crippen LogP contribution < -0.4 is 5.32 Å². The molecule has 0 spiro atoms. The number of nitrogens with one attached hydrogen (secondary N) is 1. The van der Waals surface area contributed by atoms with Crippen molar-refractivity contribution in [2.24, 2.45) is 0 Å². The molecule has 1 atom stereocenters. The van der Waals surface area contributed by atoms with E-state index in [0.717, 1.165) is 21.6 Å². The summed E-state index contributed by atoms with van der Waals surface area (Å²) in [6.45, 7) is 4.24. The lowest BCUT2D eigenvalue weighted by Gasteiger charge is -2.21. The topological polar surface area (TPSA) is 12.0 Å². The molecule has 0 fully saturated rings. The second kappa shape index (κ2) is 6.44. The maximum Gasteiger partial charge on any atom is 0.0640 e. The fraction of sp³-hybridized carbons (Fsp3) is 0.250. The molecule has 0 saturated carbocycles. The van der Waals surface area contributed by atoms with Gasteiger partial charge in [0.25, 0.3) is 0 Å². The van der Waals surface area contributed by atoms with Crippen molar-refractivity contribution in [1.29, 1.82) is 0 Å². The zero-order valence-electron chi connectivity index (χ0n) is 11.1. The number of aryl methyl sites for hydroxylation is 1. The van der Waals surface area contributed by atoms with Gasteiger partial charge in [-0.15, -0.1) is 0 Å². The molecule has 1 nitrogen and oxygen atoms in total. The highest BCUT2D eigenvalue weighted by Crippen LogP contribution is 2.31. The zero-order valence-corrected chi connectivity index (χ0v) is 13.4. The lowest BCUT2D eigenvalue weighted by atomic mass is 10.0. The summed E-state index contributed by atoms with van der Waals surface area (Å²) in [6.07, 6.45) is 1.00. The van der Waals surface area contributed by atoms with E-state index in [4.69, 9.17) is 11.6 Å². The number of halogens is 2. The van der Waals surface area contributed by atoms with Gasteiger partial charge in [-0.25, -0.2) is 0 Å². The molecular weight excluding hydrogens is 322 g/mol. The van der Waals surface area contributed by atoms with E-state index in [1.54, 1.807) is 0 Å². The molecule has 1 unspecified atom stereocenters. The average molecular weight is 339 g/mol. The number of para-hydroxylation sites is 1. The Morgan fingerprint density at radius 2 is 1.95 bits per heavy atom. The third kappa shape index (κ3) is 3.52. The van der Waals surface area contributed by atoms with Gasteiger partial charge in [0.1, 0.15) is 0 Å². The fourth-order valence-corrected chi connectivity index (χ4v) is 2.83. The second-order valence-electron chi connectivity index (χ2n) is 4.59. The van der Waals surface area contributed by atoms with Crippen molar-refractivity contribution in [3.8, 4) is 0 Å². The number of rotatable bonds is 4. The smallest absolute Gasteiger partial charge is 0.0640 e. The van der Waals surface area contributed by atoms with Crippen molar-refractivity contribution in [3.05, 3.63) is 63.1 Å². The summed E-state index contributed by atoms with van der Waals surface area (Å²) < 4.78 is 1.10. The molecule has 2 aromatic rings. The van der Waals surface area contributed by atoms with Gasteiger partial charge in [-0.2, -0.15) is 0 Å². The SMILES string of the molecule is CCC(Nc1c(C)cccc1Cl)c1cccc(Br)c1. The van der Waals surface area contributed by atoms with Crippen molar-refractivity contribution < 1.29 is 0 Å². The van der Waals surface area contributed by atoms with E-state index in [-0.39, 0.29) is 6.04 Å². The minimum Gasteiger partial charge on any atom is -0.377 e. The van der Waals surface area contributed by atoms with Crippen LogP contribution in [0.1, 0.15) is 30.5 Å². The molecule has 0 saturated heterocycles. The number of benzene rings is 2. The third-order valence-electron chi connectivity index (χ3n) is 3.20. The van der Waals surface area contributed by atoms with E-state index in [0.29, 0.717) is 0 Å². The van der Waals surface area contributed by atoms with Gasteiger partial charge in [0.15, 0.2) is 0 Å². The largest absolute Gasteiger partial charge is 0.377 e.